The first kappa shape index (κ1) is 18.5. The second kappa shape index (κ2) is 7.52. The van der Waals surface area contributed by atoms with Gasteiger partial charge in [-0.15, -0.1) is 0 Å². The van der Waals surface area contributed by atoms with Gasteiger partial charge in [-0.1, -0.05) is 11.6 Å². The minimum Gasteiger partial charge on any atom is -0.449 e. The summed E-state index contributed by atoms with van der Waals surface area (Å²) in [6.45, 7) is 3.19. The van der Waals surface area contributed by atoms with Crippen LogP contribution in [0.25, 0.3) is 11.0 Å². The Kier molecular flexibility index (Phi) is 5.15. The van der Waals surface area contributed by atoms with Crippen LogP contribution in [0.15, 0.2) is 46.9 Å². The molecule has 1 aromatic heterocycles. The second-order valence-electron chi connectivity index (χ2n) is 5.92. The smallest absolute Gasteiger partial charge is 0.375 e. The van der Waals surface area contributed by atoms with Crippen LogP contribution in [0.2, 0.25) is 5.02 Å². The number of halogens is 1. The maximum atomic E-state index is 12.4. The van der Waals surface area contributed by atoms with Gasteiger partial charge in [-0.25, -0.2) is 4.79 Å². The largest absolute Gasteiger partial charge is 0.449 e. The van der Waals surface area contributed by atoms with Gasteiger partial charge >= 0.3 is 5.97 Å². The summed E-state index contributed by atoms with van der Waals surface area (Å²) in [6.07, 6.45) is -1.04. The van der Waals surface area contributed by atoms with Crippen LogP contribution in [0.3, 0.4) is 0 Å². The van der Waals surface area contributed by atoms with Gasteiger partial charge < -0.3 is 14.5 Å². The average Bonchev–Trinajstić information content (AvgIpc) is 2.98. The third-order valence-electron chi connectivity index (χ3n) is 4.02. The topological polar surface area (TPSA) is 92.3 Å². The molecule has 0 radical (unpaired) electrons. The van der Waals surface area contributed by atoms with E-state index >= 15 is 0 Å². The number of hydrogen-bond acceptors (Lipinski definition) is 5. The Balaban J connectivity index is 1.70. The van der Waals surface area contributed by atoms with Crippen molar-refractivity contribution in [2.75, 3.05) is 5.32 Å². The van der Waals surface area contributed by atoms with Gasteiger partial charge in [0.15, 0.2) is 6.10 Å². The van der Waals surface area contributed by atoms with Crippen molar-refractivity contribution in [2.45, 2.75) is 20.0 Å². The minimum absolute atomic E-state index is 0.0327. The Labute approximate surface area is 160 Å². The lowest BCUT2D eigenvalue weighted by Gasteiger charge is -2.13. The molecular weight excluding hydrogens is 368 g/mol. The molecule has 1 atom stereocenters. The van der Waals surface area contributed by atoms with Crippen LogP contribution in [0.5, 0.6) is 0 Å². The molecule has 3 rings (SSSR count). The zero-order valence-corrected chi connectivity index (χ0v) is 15.3. The number of carbonyl (C=O) groups excluding carboxylic acids is 2. The molecule has 1 heterocycles. The molecule has 6 nitrogen and oxygen atoms in total. The lowest BCUT2D eigenvalue weighted by molar-refractivity contribution is -0.123. The molecule has 0 aliphatic carbocycles. The molecule has 27 heavy (non-hydrogen) atoms. The van der Waals surface area contributed by atoms with Gasteiger partial charge in [0.25, 0.3) is 5.91 Å². The number of ether oxygens (including phenoxy) is 1. The summed E-state index contributed by atoms with van der Waals surface area (Å²) in [5.41, 5.74) is 2.08. The number of rotatable bonds is 4. The normalized spacial score (nSPS) is 11.6. The van der Waals surface area contributed by atoms with Crippen LogP contribution < -0.4 is 5.32 Å². The molecule has 0 spiro atoms. The lowest BCUT2D eigenvalue weighted by Crippen LogP contribution is -2.30. The predicted molar refractivity (Wildman–Crippen MR) is 101 cm³/mol. The van der Waals surface area contributed by atoms with E-state index in [1.54, 1.807) is 49.4 Å². The maximum absolute atomic E-state index is 12.4. The first-order valence-electron chi connectivity index (χ1n) is 8.09. The number of hydrogen-bond donors (Lipinski definition) is 1. The van der Waals surface area contributed by atoms with Gasteiger partial charge in [-0.3, -0.25) is 4.79 Å². The molecule has 2 aromatic carbocycles. The number of nitrogens with zero attached hydrogens (tertiary/aromatic N) is 1. The van der Waals surface area contributed by atoms with Crippen molar-refractivity contribution in [1.29, 1.82) is 5.26 Å². The number of anilines is 1. The van der Waals surface area contributed by atoms with Crippen molar-refractivity contribution in [3.63, 3.8) is 0 Å². The monoisotopic (exact) mass is 382 g/mol. The summed E-state index contributed by atoms with van der Waals surface area (Å²) >= 11 is 5.97. The van der Waals surface area contributed by atoms with E-state index in [0.717, 1.165) is 0 Å². The molecule has 0 aliphatic rings. The lowest BCUT2D eigenvalue weighted by atomic mass is 10.1. The Morgan fingerprint density at radius 1 is 1.22 bits per heavy atom. The fraction of sp³-hybridized carbons (Fsp3) is 0.150. The third kappa shape index (κ3) is 3.94. The molecule has 3 aromatic rings. The quantitative estimate of drug-likeness (QED) is 0.673. The molecule has 1 amide bonds. The van der Waals surface area contributed by atoms with E-state index in [0.29, 0.717) is 32.8 Å². The van der Waals surface area contributed by atoms with Crippen LogP contribution in [0.4, 0.5) is 5.69 Å². The SMILES string of the molecule is Cc1c(C(=O)O[C@H](C)C(=O)Nc2ccc(C#N)cc2)oc2ccc(Cl)cc12. The van der Waals surface area contributed by atoms with E-state index < -0.39 is 18.0 Å². The number of furan rings is 1. The van der Waals surface area contributed by atoms with Gasteiger partial charge in [0.2, 0.25) is 5.76 Å². The Bertz CT molecular complexity index is 1060. The van der Waals surface area contributed by atoms with Gasteiger partial charge in [0.05, 0.1) is 11.6 Å². The molecule has 0 aliphatic heterocycles. The summed E-state index contributed by atoms with van der Waals surface area (Å²) in [7, 11) is 0. The Morgan fingerprint density at radius 3 is 2.59 bits per heavy atom. The van der Waals surface area contributed by atoms with Crippen LogP contribution in [-0.4, -0.2) is 18.0 Å². The van der Waals surface area contributed by atoms with Crippen molar-refractivity contribution in [2.24, 2.45) is 0 Å². The van der Waals surface area contributed by atoms with Crippen molar-refractivity contribution >= 4 is 40.1 Å². The van der Waals surface area contributed by atoms with E-state index in [1.165, 1.54) is 6.92 Å². The molecular formula is C20H15ClN2O4. The zero-order valence-electron chi connectivity index (χ0n) is 14.6. The van der Waals surface area contributed by atoms with Gasteiger partial charge in [-0.2, -0.15) is 5.26 Å². The zero-order chi connectivity index (χ0) is 19.6. The summed E-state index contributed by atoms with van der Waals surface area (Å²) in [5.74, 6) is -1.20. The standard InChI is InChI=1S/C20H15ClN2O4/c1-11-16-9-14(21)5-8-17(16)27-18(11)20(25)26-12(2)19(24)23-15-6-3-13(10-22)4-7-15/h3-9,12H,1-2H3,(H,23,24)/t12-/m1/s1. The number of benzene rings is 2. The highest BCUT2D eigenvalue weighted by atomic mass is 35.5. The first-order chi connectivity index (χ1) is 12.9. The molecule has 136 valence electrons. The summed E-state index contributed by atoms with van der Waals surface area (Å²) in [6, 6.07) is 13.4. The molecule has 0 saturated heterocycles. The Morgan fingerprint density at radius 2 is 1.93 bits per heavy atom. The second-order valence-corrected chi connectivity index (χ2v) is 6.36. The van der Waals surface area contributed by atoms with Gasteiger partial charge in [0, 0.05) is 21.7 Å². The third-order valence-corrected chi connectivity index (χ3v) is 4.25. The molecule has 7 heteroatoms. The fourth-order valence-corrected chi connectivity index (χ4v) is 2.70. The van der Waals surface area contributed by atoms with E-state index in [-0.39, 0.29) is 5.76 Å². The van der Waals surface area contributed by atoms with Crippen LogP contribution in [0.1, 0.15) is 28.6 Å². The van der Waals surface area contributed by atoms with E-state index in [1.807, 2.05) is 6.07 Å². The molecule has 0 bridgehead atoms. The van der Waals surface area contributed by atoms with Gasteiger partial charge in [0.1, 0.15) is 5.58 Å². The average molecular weight is 383 g/mol. The molecule has 1 N–H and O–H groups in total. The number of fused-ring (bicyclic) bond motifs is 1. The highest BCUT2D eigenvalue weighted by Gasteiger charge is 2.24. The Hall–Kier alpha value is -3.30. The predicted octanol–water partition coefficient (Wildman–Crippen LogP) is 4.45. The number of amides is 1. The van der Waals surface area contributed by atoms with Crippen LogP contribution >= 0.6 is 11.6 Å². The minimum atomic E-state index is -1.04. The van der Waals surface area contributed by atoms with Gasteiger partial charge in [-0.05, 0) is 56.3 Å². The first-order valence-corrected chi connectivity index (χ1v) is 8.47. The van der Waals surface area contributed by atoms with E-state index in [2.05, 4.69) is 5.32 Å². The van der Waals surface area contributed by atoms with Crippen molar-refractivity contribution in [1.82, 2.24) is 0 Å². The van der Waals surface area contributed by atoms with Crippen LogP contribution in [0, 0.1) is 18.3 Å². The molecule has 0 saturated carbocycles. The number of nitrogens with one attached hydrogen (secondary N) is 1. The highest BCUT2D eigenvalue weighted by molar-refractivity contribution is 6.31. The fourth-order valence-electron chi connectivity index (χ4n) is 2.53. The maximum Gasteiger partial charge on any atom is 0.375 e. The molecule has 0 fully saturated rings. The van der Waals surface area contributed by atoms with Crippen LogP contribution in [-0.2, 0) is 9.53 Å². The summed E-state index contributed by atoms with van der Waals surface area (Å²) in [5, 5.41) is 12.7. The highest BCUT2D eigenvalue weighted by Crippen LogP contribution is 2.28. The molecule has 0 unspecified atom stereocenters. The van der Waals surface area contributed by atoms with E-state index in [4.69, 9.17) is 26.0 Å². The number of nitriles is 1. The summed E-state index contributed by atoms with van der Waals surface area (Å²) < 4.78 is 10.8. The summed E-state index contributed by atoms with van der Waals surface area (Å²) in [4.78, 5) is 24.6. The van der Waals surface area contributed by atoms with E-state index in [9.17, 15) is 9.59 Å². The number of aryl methyl sites for hydroxylation is 1. The van der Waals surface area contributed by atoms with Crippen molar-refractivity contribution in [3.05, 3.63) is 64.4 Å². The van der Waals surface area contributed by atoms with Crippen molar-refractivity contribution < 1.29 is 18.7 Å². The number of esters is 1. The van der Waals surface area contributed by atoms with Crippen molar-refractivity contribution in [3.8, 4) is 6.07 Å². The number of carbonyl (C=O) groups is 2.